The maximum atomic E-state index is 12.0. The standard InChI is InChI=1S/C22H34Cl2N4O.K/c1-3-26(2)22(29)25-18-9-7-17(8-10-18)11-12-27-13-15-28(16-14-27)20-6-4-5-19(23)21(20)24;/h4-6,17-18H,3,7-16H2,1-2H3,(H,25,29);/q;+1/p-1. The van der Waals surface area contributed by atoms with Gasteiger partial charge in [0.15, 0.2) is 6.03 Å². The maximum absolute atomic E-state index is 12.0. The van der Waals surface area contributed by atoms with Crippen molar-refractivity contribution in [3.63, 3.8) is 0 Å². The van der Waals surface area contributed by atoms with Crippen LogP contribution in [0.5, 0.6) is 0 Å². The molecule has 162 valence electrons. The minimum atomic E-state index is -0.0615. The Labute approximate surface area is 234 Å². The van der Waals surface area contributed by atoms with E-state index in [1.807, 2.05) is 26.1 Å². The van der Waals surface area contributed by atoms with Gasteiger partial charge in [0.25, 0.3) is 0 Å². The van der Waals surface area contributed by atoms with Crippen LogP contribution in [0.15, 0.2) is 18.2 Å². The van der Waals surface area contributed by atoms with Crippen molar-refractivity contribution >= 4 is 34.9 Å². The Kier molecular flexibility index (Phi) is 11.8. The van der Waals surface area contributed by atoms with Gasteiger partial charge in [-0.3, -0.25) is 9.69 Å². The number of hydrogen-bond donors (Lipinski definition) is 0. The van der Waals surface area contributed by atoms with Crippen LogP contribution in [0.3, 0.4) is 0 Å². The number of amides is 2. The van der Waals surface area contributed by atoms with Crippen molar-refractivity contribution in [3.8, 4) is 0 Å². The summed E-state index contributed by atoms with van der Waals surface area (Å²) in [5.41, 5.74) is 1.05. The molecule has 1 heterocycles. The van der Waals surface area contributed by atoms with Crippen molar-refractivity contribution in [1.82, 2.24) is 9.80 Å². The van der Waals surface area contributed by atoms with E-state index in [4.69, 9.17) is 23.2 Å². The van der Waals surface area contributed by atoms with E-state index in [-0.39, 0.29) is 63.5 Å². The number of anilines is 1. The van der Waals surface area contributed by atoms with Crippen molar-refractivity contribution in [3.05, 3.63) is 33.6 Å². The van der Waals surface area contributed by atoms with E-state index < -0.39 is 0 Å². The van der Waals surface area contributed by atoms with Crippen molar-refractivity contribution in [2.24, 2.45) is 5.92 Å². The second-order valence-corrected chi connectivity index (χ2v) is 9.08. The molecule has 1 saturated heterocycles. The SMILES string of the molecule is CCN(C)C(=O)[N-]C1CCC(CCN2CCN(c3cccc(Cl)c3Cl)CC2)CC1.[K+]. The third-order valence-electron chi connectivity index (χ3n) is 6.41. The number of piperazine rings is 1. The molecule has 0 spiro atoms. The van der Waals surface area contributed by atoms with Crippen LogP contribution in [0.2, 0.25) is 10.0 Å². The molecule has 0 aromatic heterocycles. The summed E-state index contributed by atoms with van der Waals surface area (Å²) < 4.78 is 0. The molecule has 1 aromatic carbocycles. The normalized spacial score (nSPS) is 22.3. The summed E-state index contributed by atoms with van der Waals surface area (Å²) in [6.07, 6.45) is 5.72. The molecular formula is C22H33Cl2KN4O. The summed E-state index contributed by atoms with van der Waals surface area (Å²) in [5, 5.41) is 5.68. The minimum absolute atomic E-state index is 0. The summed E-state index contributed by atoms with van der Waals surface area (Å²) in [5.74, 6) is 0.765. The van der Waals surface area contributed by atoms with Gasteiger partial charge in [-0.05, 0) is 37.1 Å². The zero-order chi connectivity index (χ0) is 20.8. The number of rotatable bonds is 6. The van der Waals surface area contributed by atoms with Crippen LogP contribution in [0.4, 0.5) is 10.5 Å². The molecular weight excluding hydrogens is 446 g/mol. The smallest absolute Gasteiger partial charge is 0.440 e. The first kappa shape index (κ1) is 26.7. The molecule has 1 aromatic rings. The van der Waals surface area contributed by atoms with Crippen LogP contribution in [-0.4, -0.2) is 68.2 Å². The predicted molar refractivity (Wildman–Crippen MR) is 123 cm³/mol. The first-order valence-corrected chi connectivity index (χ1v) is 11.6. The average Bonchev–Trinajstić information content (AvgIpc) is 2.75. The fourth-order valence-electron chi connectivity index (χ4n) is 4.27. The summed E-state index contributed by atoms with van der Waals surface area (Å²) in [6, 6.07) is 6.01. The van der Waals surface area contributed by atoms with Crippen molar-refractivity contribution < 1.29 is 56.2 Å². The Morgan fingerprint density at radius 3 is 2.43 bits per heavy atom. The van der Waals surface area contributed by atoms with Gasteiger partial charge in [0.2, 0.25) is 0 Å². The van der Waals surface area contributed by atoms with Gasteiger partial charge in [0.05, 0.1) is 15.7 Å². The van der Waals surface area contributed by atoms with Gasteiger partial charge < -0.3 is 15.1 Å². The van der Waals surface area contributed by atoms with Crippen LogP contribution < -0.4 is 56.3 Å². The van der Waals surface area contributed by atoms with Crippen molar-refractivity contribution in [2.45, 2.75) is 45.1 Å². The minimum Gasteiger partial charge on any atom is -0.440 e. The van der Waals surface area contributed by atoms with Gasteiger partial charge >= 0.3 is 51.4 Å². The maximum Gasteiger partial charge on any atom is 1.00 e. The van der Waals surface area contributed by atoms with E-state index in [1.165, 1.54) is 19.3 Å². The van der Waals surface area contributed by atoms with Gasteiger partial charge in [0, 0.05) is 26.2 Å². The molecule has 2 fully saturated rings. The fourth-order valence-corrected chi connectivity index (χ4v) is 4.68. The van der Waals surface area contributed by atoms with E-state index in [2.05, 4.69) is 21.2 Å². The molecule has 1 saturated carbocycles. The van der Waals surface area contributed by atoms with Gasteiger partial charge in [-0.15, -0.1) is 0 Å². The molecule has 5 nitrogen and oxygen atoms in total. The van der Waals surface area contributed by atoms with Crippen LogP contribution in [-0.2, 0) is 0 Å². The summed E-state index contributed by atoms with van der Waals surface area (Å²) in [6.45, 7) is 7.94. The molecule has 0 N–H and O–H groups in total. The monoisotopic (exact) mass is 478 g/mol. The van der Waals surface area contributed by atoms with Crippen LogP contribution in [0.25, 0.3) is 5.32 Å². The van der Waals surface area contributed by atoms with E-state index >= 15 is 0 Å². The number of nitrogens with zero attached hydrogens (tertiary/aromatic N) is 4. The van der Waals surface area contributed by atoms with Gasteiger partial charge in [-0.25, -0.2) is 0 Å². The second-order valence-electron chi connectivity index (χ2n) is 8.29. The Bertz CT molecular complexity index is 677. The van der Waals surface area contributed by atoms with E-state index in [1.54, 1.807) is 4.90 Å². The van der Waals surface area contributed by atoms with E-state index in [0.29, 0.717) is 16.6 Å². The fraction of sp³-hybridized carbons (Fsp3) is 0.682. The number of carbonyl (C=O) groups excluding carboxylic acids is 1. The number of halogens is 2. The molecule has 30 heavy (non-hydrogen) atoms. The van der Waals surface area contributed by atoms with Crippen molar-refractivity contribution in [1.29, 1.82) is 0 Å². The quantitative estimate of drug-likeness (QED) is 0.589. The molecule has 0 radical (unpaired) electrons. The van der Waals surface area contributed by atoms with E-state index in [0.717, 1.165) is 57.2 Å². The molecule has 0 unspecified atom stereocenters. The summed E-state index contributed by atoms with van der Waals surface area (Å²) in [7, 11) is 1.82. The summed E-state index contributed by atoms with van der Waals surface area (Å²) >= 11 is 12.5. The molecule has 2 amide bonds. The molecule has 0 atom stereocenters. The second kappa shape index (κ2) is 13.2. The molecule has 8 heteroatoms. The first-order chi connectivity index (χ1) is 14.0. The zero-order valence-corrected chi connectivity index (χ0v) is 23.3. The zero-order valence-electron chi connectivity index (χ0n) is 18.6. The number of hydrogen-bond acceptors (Lipinski definition) is 3. The number of benzene rings is 1. The molecule has 1 aliphatic heterocycles. The Hall–Kier alpha value is 0.466. The Morgan fingerprint density at radius 1 is 1.13 bits per heavy atom. The molecule has 3 rings (SSSR count). The average molecular weight is 480 g/mol. The topological polar surface area (TPSA) is 40.9 Å². The van der Waals surface area contributed by atoms with Crippen LogP contribution in [0.1, 0.15) is 39.0 Å². The third-order valence-corrected chi connectivity index (χ3v) is 7.22. The largest absolute Gasteiger partial charge is 1.00 e. The number of urea groups is 1. The Morgan fingerprint density at radius 2 is 1.80 bits per heavy atom. The van der Waals surface area contributed by atoms with E-state index in [9.17, 15) is 4.79 Å². The van der Waals surface area contributed by atoms with Gasteiger partial charge in [-0.2, -0.15) is 0 Å². The molecule has 1 aliphatic carbocycles. The Balaban J connectivity index is 0.00000320. The van der Waals surface area contributed by atoms with Crippen LogP contribution in [0, 0.1) is 5.92 Å². The van der Waals surface area contributed by atoms with Crippen molar-refractivity contribution in [2.75, 3.05) is 51.2 Å². The van der Waals surface area contributed by atoms with Crippen LogP contribution >= 0.6 is 23.2 Å². The third kappa shape index (κ3) is 7.51. The van der Waals surface area contributed by atoms with Gasteiger partial charge in [-0.1, -0.05) is 75.5 Å². The molecule has 0 bridgehead atoms. The molecule has 2 aliphatic rings. The predicted octanol–water partition coefficient (Wildman–Crippen LogP) is 2.51. The number of carbonyl (C=O) groups is 1. The first-order valence-electron chi connectivity index (χ1n) is 10.8. The summed E-state index contributed by atoms with van der Waals surface area (Å²) in [4.78, 5) is 18.5. The van der Waals surface area contributed by atoms with Gasteiger partial charge in [0.1, 0.15) is 0 Å².